The number of hydrogen-bond acceptors (Lipinski definition) is 3. The number of benzene rings is 2. The number of guanidine groups is 1. The average molecular weight is 571 g/mol. The van der Waals surface area contributed by atoms with E-state index in [0.717, 1.165) is 32.3 Å². The van der Waals surface area contributed by atoms with E-state index in [1.807, 2.05) is 25.7 Å². The molecule has 3 rings (SSSR count). The van der Waals surface area contributed by atoms with Crippen LogP contribution in [-0.4, -0.2) is 33.7 Å². The molecule has 0 radical (unpaired) electrons. The molecule has 3 aromatic rings. The van der Waals surface area contributed by atoms with E-state index in [4.69, 9.17) is 6.72 Å². The first-order valence-corrected chi connectivity index (χ1v) is 11.1. The fourth-order valence-corrected chi connectivity index (χ4v) is 4.17. The summed E-state index contributed by atoms with van der Waals surface area (Å²) < 4.78 is 2.77. The Morgan fingerprint density at radius 1 is 1.03 bits per heavy atom. The SMILES string of the molecule is [CH-]=NC(=N[C](=[W])N(C)c1cc2c(cc1C)c(C)nn2C)Nc1cc(C)c(C)cc1C. The van der Waals surface area contributed by atoms with Crippen molar-refractivity contribution >= 4 is 39.1 Å². The van der Waals surface area contributed by atoms with Gasteiger partial charge in [-0.15, -0.1) is 0 Å². The molecule has 0 spiro atoms. The van der Waals surface area contributed by atoms with Gasteiger partial charge in [0.15, 0.2) is 0 Å². The molecule has 30 heavy (non-hydrogen) atoms. The number of nitrogens with one attached hydrogen (secondary N) is 1. The maximum absolute atomic E-state index is 5.65. The van der Waals surface area contributed by atoms with E-state index in [2.05, 4.69) is 77.3 Å². The van der Waals surface area contributed by atoms with Crippen LogP contribution in [-0.2, 0) is 26.4 Å². The molecule has 0 unspecified atom stereocenters. The molecule has 1 aromatic heterocycles. The normalized spacial score (nSPS) is 11.6. The van der Waals surface area contributed by atoms with Crippen LogP contribution in [0, 0.1) is 34.6 Å². The predicted molar refractivity (Wildman–Crippen MR) is 124 cm³/mol. The molecule has 0 aliphatic carbocycles. The minimum atomic E-state index is 0.383. The van der Waals surface area contributed by atoms with Crippen molar-refractivity contribution in [3.63, 3.8) is 0 Å². The van der Waals surface area contributed by atoms with E-state index in [-0.39, 0.29) is 0 Å². The van der Waals surface area contributed by atoms with Crippen molar-refractivity contribution in [1.29, 1.82) is 0 Å². The molecule has 7 heteroatoms. The third kappa shape index (κ3) is 4.29. The summed E-state index contributed by atoms with van der Waals surface area (Å²) in [6.45, 7) is 16.0. The van der Waals surface area contributed by atoms with Gasteiger partial charge in [-0.05, 0) is 0 Å². The fraction of sp³-hybridized carbons (Fsp3) is 0.304. The van der Waals surface area contributed by atoms with Crippen molar-refractivity contribution < 1.29 is 19.4 Å². The van der Waals surface area contributed by atoms with Gasteiger partial charge in [0.25, 0.3) is 0 Å². The zero-order valence-electron chi connectivity index (χ0n) is 18.5. The van der Waals surface area contributed by atoms with Gasteiger partial charge in [0.05, 0.1) is 0 Å². The van der Waals surface area contributed by atoms with Gasteiger partial charge in [-0.3, -0.25) is 0 Å². The van der Waals surface area contributed by atoms with Crippen LogP contribution in [0.15, 0.2) is 34.3 Å². The summed E-state index contributed by atoms with van der Waals surface area (Å²) in [5, 5.41) is 8.97. The van der Waals surface area contributed by atoms with Gasteiger partial charge in [-0.1, -0.05) is 0 Å². The number of aryl methyl sites for hydroxylation is 6. The second-order valence-electron chi connectivity index (χ2n) is 7.65. The molecule has 0 fully saturated rings. The first kappa shape index (κ1) is 22.1. The second kappa shape index (κ2) is 8.64. The van der Waals surface area contributed by atoms with Crippen molar-refractivity contribution in [3.8, 4) is 0 Å². The van der Waals surface area contributed by atoms with Crippen LogP contribution >= 0.6 is 0 Å². The molecule has 1 N–H and O–H groups in total. The Labute approximate surface area is 189 Å². The van der Waals surface area contributed by atoms with Crippen LogP contribution in [0.1, 0.15) is 27.9 Å². The van der Waals surface area contributed by atoms with Gasteiger partial charge in [0, 0.05) is 0 Å². The van der Waals surface area contributed by atoms with Crippen molar-refractivity contribution in [3.05, 3.63) is 52.2 Å². The van der Waals surface area contributed by atoms with E-state index in [0.29, 0.717) is 5.96 Å². The maximum atomic E-state index is 5.65. The Morgan fingerprint density at radius 3 is 2.37 bits per heavy atom. The van der Waals surface area contributed by atoms with Crippen LogP contribution in [0.5, 0.6) is 0 Å². The average Bonchev–Trinajstić information content (AvgIpc) is 2.96. The van der Waals surface area contributed by atoms with Gasteiger partial charge < -0.3 is 0 Å². The van der Waals surface area contributed by atoms with E-state index in [1.54, 1.807) is 0 Å². The van der Waals surface area contributed by atoms with Crippen molar-refractivity contribution in [2.45, 2.75) is 34.6 Å². The first-order chi connectivity index (χ1) is 14.1. The van der Waals surface area contributed by atoms with Crippen LogP contribution in [0.25, 0.3) is 10.9 Å². The quantitative estimate of drug-likeness (QED) is 0.290. The summed E-state index contributed by atoms with van der Waals surface area (Å²) in [5.74, 6) is 0.383. The van der Waals surface area contributed by atoms with Crippen LogP contribution < -0.4 is 10.2 Å². The number of nitrogens with zero attached hydrogens (tertiary/aromatic N) is 5. The third-order valence-electron chi connectivity index (χ3n) is 5.41. The Kier molecular flexibility index (Phi) is 6.37. The van der Waals surface area contributed by atoms with Gasteiger partial charge in [-0.25, -0.2) is 0 Å². The van der Waals surface area contributed by atoms with Gasteiger partial charge in [0.2, 0.25) is 0 Å². The van der Waals surface area contributed by atoms with Gasteiger partial charge in [0.1, 0.15) is 0 Å². The summed E-state index contributed by atoms with van der Waals surface area (Å²) in [6, 6.07) is 8.58. The van der Waals surface area contributed by atoms with Crippen LogP contribution in [0.4, 0.5) is 11.4 Å². The van der Waals surface area contributed by atoms with Gasteiger partial charge in [-0.2, -0.15) is 0 Å². The molecular formula is C23H27N6W-. The molecule has 2 aromatic carbocycles. The van der Waals surface area contributed by atoms with E-state index in [9.17, 15) is 0 Å². The van der Waals surface area contributed by atoms with Gasteiger partial charge >= 0.3 is 189 Å². The number of aliphatic imine (C=N–C) groups is 2. The van der Waals surface area contributed by atoms with E-state index in [1.165, 1.54) is 41.4 Å². The Hall–Kier alpha value is -2.59. The molecule has 156 valence electrons. The summed E-state index contributed by atoms with van der Waals surface area (Å²) in [4.78, 5) is 10.6. The second-order valence-corrected chi connectivity index (χ2v) is 8.96. The summed E-state index contributed by atoms with van der Waals surface area (Å²) in [6.07, 6.45) is 0. The van der Waals surface area contributed by atoms with E-state index < -0.39 is 0 Å². The number of anilines is 2. The molecule has 0 amide bonds. The first-order valence-electron chi connectivity index (χ1n) is 9.68. The van der Waals surface area contributed by atoms with Crippen LogP contribution in [0.3, 0.4) is 0 Å². The van der Waals surface area contributed by atoms with Crippen molar-refractivity contribution in [2.24, 2.45) is 17.0 Å². The van der Waals surface area contributed by atoms with E-state index >= 15 is 0 Å². The molecule has 0 atom stereocenters. The zero-order chi connectivity index (χ0) is 22.2. The number of rotatable bonds is 4. The van der Waals surface area contributed by atoms with Crippen molar-refractivity contribution in [2.75, 3.05) is 17.3 Å². The Morgan fingerprint density at radius 2 is 1.70 bits per heavy atom. The molecule has 1 heterocycles. The predicted octanol–water partition coefficient (Wildman–Crippen LogP) is 4.23. The standard InChI is InChI=1S/C23H27N6.W/c1-14-9-16(3)20(11-15(14)2)26-23(24-6)25-13-28(7)21-12-22-19(10-17(21)4)18(5)27-29(22)8;/h6,9-12H,1-5,7-8H3,(H,25,26);/q-1;. The molecule has 0 aliphatic rings. The molecule has 0 bridgehead atoms. The molecule has 0 aliphatic heterocycles. The summed E-state index contributed by atoms with van der Waals surface area (Å²) >= 11 is 1.22. The number of hydrogen-bond donors (Lipinski definition) is 1. The Bertz CT molecular complexity index is 1190. The Balaban J connectivity index is 1.91. The number of fused-ring (bicyclic) bond motifs is 1. The van der Waals surface area contributed by atoms with Crippen LogP contribution in [0.2, 0.25) is 0 Å². The molecule has 6 nitrogen and oxygen atoms in total. The zero-order valence-corrected chi connectivity index (χ0v) is 21.5. The third-order valence-corrected chi connectivity index (χ3v) is 6.72. The monoisotopic (exact) mass is 571 g/mol. The number of aromatic nitrogens is 2. The van der Waals surface area contributed by atoms with Crippen molar-refractivity contribution in [1.82, 2.24) is 9.78 Å². The summed E-state index contributed by atoms with van der Waals surface area (Å²) in [7, 11) is 3.98. The molecule has 0 saturated carbocycles. The topological polar surface area (TPSA) is 57.8 Å². The molecular weight excluding hydrogens is 544 g/mol. The molecule has 0 saturated heterocycles. The minimum absolute atomic E-state index is 0.383. The fourth-order valence-electron chi connectivity index (χ4n) is 3.51. The summed E-state index contributed by atoms with van der Waals surface area (Å²) in [5.41, 5.74) is 8.92.